The van der Waals surface area contributed by atoms with Gasteiger partial charge in [-0.05, 0) is 67.1 Å². The second-order valence-electron chi connectivity index (χ2n) is 5.60. The molecule has 0 saturated carbocycles. The third-order valence-electron chi connectivity index (χ3n) is 3.49. The van der Waals surface area contributed by atoms with Crippen LogP contribution in [0.25, 0.3) is 0 Å². The summed E-state index contributed by atoms with van der Waals surface area (Å²) < 4.78 is 5.29. The van der Waals surface area contributed by atoms with E-state index in [-0.39, 0.29) is 5.69 Å². The average Bonchev–Trinajstić information content (AvgIpc) is 3.10. The van der Waals surface area contributed by atoms with Gasteiger partial charge in [0.15, 0.2) is 5.69 Å². The fraction of sp³-hybridized carbons (Fsp3) is 0.0526. The van der Waals surface area contributed by atoms with E-state index < -0.39 is 11.9 Å². The first kappa shape index (κ1) is 18.3. The highest BCUT2D eigenvalue weighted by atomic mass is 35.5. The summed E-state index contributed by atoms with van der Waals surface area (Å²) in [6.45, 7) is 1.80. The molecule has 0 aliphatic rings. The van der Waals surface area contributed by atoms with Gasteiger partial charge >= 0.3 is 5.97 Å². The summed E-state index contributed by atoms with van der Waals surface area (Å²) >= 11 is 5.80. The number of hydrogen-bond donors (Lipinski definition) is 2. The van der Waals surface area contributed by atoms with Crippen molar-refractivity contribution in [2.24, 2.45) is 5.10 Å². The van der Waals surface area contributed by atoms with Crippen molar-refractivity contribution in [1.29, 1.82) is 0 Å². The number of rotatable bonds is 5. The molecule has 8 heteroatoms. The summed E-state index contributed by atoms with van der Waals surface area (Å²) in [6.07, 6.45) is 1.47. The molecule has 3 aromatic rings. The van der Waals surface area contributed by atoms with Crippen LogP contribution in [0.5, 0.6) is 5.75 Å². The lowest BCUT2D eigenvalue weighted by Crippen LogP contribution is -2.18. The Bertz CT molecular complexity index is 979. The summed E-state index contributed by atoms with van der Waals surface area (Å²) in [4.78, 5) is 23.9. The van der Waals surface area contributed by atoms with Crippen LogP contribution in [0, 0.1) is 6.92 Å². The van der Waals surface area contributed by atoms with E-state index >= 15 is 0 Å². The van der Waals surface area contributed by atoms with Crippen molar-refractivity contribution < 1.29 is 14.3 Å². The first-order valence-electron chi connectivity index (χ1n) is 7.94. The minimum absolute atomic E-state index is 0.258. The number of esters is 1. The molecule has 2 aromatic carbocycles. The molecule has 1 heterocycles. The fourth-order valence-electron chi connectivity index (χ4n) is 2.13. The molecule has 1 aromatic heterocycles. The molecule has 0 unspecified atom stereocenters. The molecule has 0 bridgehead atoms. The lowest BCUT2D eigenvalue weighted by atomic mass is 10.2. The van der Waals surface area contributed by atoms with Gasteiger partial charge in [0, 0.05) is 10.7 Å². The van der Waals surface area contributed by atoms with Crippen LogP contribution >= 0.6 is 11.6 Å². The molecule has 0 spiro atoms. The Morgan fingerprint density at radius 2 is 1.85 bits per heavy atom. The van der Waals surface area contributed by atoms with Gasteiger partial charge in [-0.2, -0.15) is 10.2 Å². The van der Waals surface area contributed by atoms with E-state index in [1.807, 2.05) is 0 Å². The van der Waals surface area contributed by atoms with Gasteiger partial charge in [0.2, 0.25) is 0 Å². The fourth-order valence-corrected chi connectivity index (χ4v) is 2.26. The second kappa shape index (κ2) is 8.29. The van der Waals surface area contributed by atoms with Crippen LogP contribution in [-0.2, 0) is 0 Å². The number of benzene rings is 2. The summed E-state index contributed by atoms with van der Waals surface area (Å²) in [5.41, 5.74) is 4.56. The Balaban J connectivity index is 1.56. The molecule has 136 valence electrons. The van der Waals surface area contributed by atoms with Crippen molar-refractivity contribution in [2.45, 2.75) is 6.92 Å². The van der Waals surface area contributed by atoms with E-state index in [4.69, 9.17) is 16.3 Å². The van der Waals surface area contributed by atoms with Gasteiger partial charge in [0.05, 0.1) is 11.8 Å². The largest absolute Gasteiger partial charge is 0.423 e. The molecule has 7 nitrogen and oxygen atoms in total. The van der Waals surface area contributed by atoms with Gasteiger partial charge in [-0.1, -0.05) is 11.6 Å². The number of ether oxygens (including phenoxy) is 1. The molecular formula is C19H15ClN4O3. The van der Waals surface area contributed by atoms with Crippen LogP contribution in [0.3, 0.4) is 0 Å². The second-order valence-corrected chi connectivity index (χ2v) is 6.04. The van der Waals surface area contributed by atoms with E-state index in [1.54, 1.807) is 61.5 Å². The lowest BCUT2D eigenvalue weighted by molar-refractivity contribution is 0.0734. The van der Waals surface area contributed by atoms with Crippen LogP contribution in [0.1, 0.15) is 32.1 Å². The lowest BCUT2D eigenvalue weighted by Gasteiger charge is -2.04. The number of carbonyl (C=O) groups is 2. The summed E-state index contributed by atoms with van der Waals surface area (Å²) in [5, 5.41) is 10.9. The number of nitrogens with zero attached hydrogens (tertiary/aromatic N) is 2. The first-order valence-corrected chi connectivity index (χ1v) is 8.32. The maximum atomic E-state index is 12.0. The Labute approximate surface area is 160 Å². The van der Waals surface area contributed by atoms with Crippen molar-refractivity contribution in [3.05, 3.63) is 82.1 Å². The number of halogens is 1. The normalized spacial score (nSPS) is 10.7. The maximum absolute atomic E-state index is 12.0. The van der Waals surface area contributed by atoms with Crippen LogP contribution in [-0.4, -0.2) is 28.3 Å². The molecule has 3 rings (SSSR count). The molecule has 1 amide bonds. The molecule has 0 fully saturated rings. The molecule has 2 N–H and O–H groups in total. The van der Waals surface area contributed by atoms with Crippen molar-refractivity contribution in [1.82, 2.24) is 15.6 Å². The van der Waals surface area contributed by atoms with Gasteiger partial charge in [-0.3, -0.25) is 9.89 Å². The molecule has 27 heavy (non-hydrogen) atoms. The van der Waals surface area contributed by atoms with E-state index in [0.29, 0.717) is 16.3 Å². The predicted octanol–water partition coefficient (Wildman–Crippen LogP) is 3.35. The Morgan fingerprint density at radius 1 is 1.15 bits per heavy atom. The van der Waals surface area contributed by atoms with Crippen LogP contribution in [0.4, 0.5) is 0 Å². The zero-order valence-corrected chi connectivity index (χ0v) is 15.0. The Morgan fingerprint density at radius 3 is 2.48 bits per heavy atom. The highest BCUT2D eigenvalue weighted by Gasteiger charge is 2.09. The van der Waals surface area contributed by atoms with Gasteiger partial charge in [-0.15, -0.1) is 0 Å². The van der Waals surface area contributed by atoms with E-state index in [2.05, 4.69) is 20.7 Å². The minimum Gasteiger partial charge on any atom is -0.423 e. The van der Waals surface area contributed by atoms with Gasteiger partial charge in [0.1, 0.15) is 5.75 Å². The van der Waals surface area contributed by atoms with Gasteiger partial charge in [0.25, 0.3) is 5.91 Å². The minimum atomic E-state index is -0.477. The number of amides is 1. The summed E-state index contributed by atoms with van der Waals surface area (Å²) in [7, 11) is 0. The number of nitrogens with one attached hydrogen (secondary N) is 2. The zero-order chi connectivity index (χ0) is 19.2. The maximum Gasteiger partial charge on any atom is 0.343 e. The quantitative estimate of drug-likeness (QED) is 0.306. The van der Waals surface area contributed by atoms with Crippen molar-refractivity contribution >= 4 is 29.7 Å². The van der Waals surface area contributed by atoms with Crippen molar-refractivity contribution in [3.8, 4) is 5.75 Å². The number of aromatic amines is 1. The molecule has 0 atom stereocenters. The molecule has 0 aliphatic heterocycles. The third kappa shape index (κ3) is 5.02. The first-order chi connectivity index (χ1) is 13.0. The van der Waals surface area contributed by atoms with Crippen molar-refractivity contribution in [3.63, 3.8) is 0 Å². The van der Waals surface area contributed by atoms with Crippen LogP contribution < -0.4 is 10.2 Å². The number of aryl methyl sites for hydroxylation is 1. The molecule has 0 saturated heterocycles. The summed E-state index contributed by atoms with van der Waals surface area (Å²) in [6, 6.07) is 14.7. The van der Waals surface area contributed by atoms with E-state index in [0.717, 1.165) is 11.3 Å². The van der Waals surface area contributed by atoms with E-state index in [9.17, 15) is 9.59 Å². The van der Waals surface area contributed by atoms with Crippen molar-refractivity contribution in [2.75, 3.05) is 0 Å². The van der Waals surface area contributed by atoms with Gasteiger partial charge in [-0.25, -0.2) is 10.2 Å². The Kier molecular flexibility index (Phi) is 5.63. The highest BCUT2D eigenvalue weighted by Crippen LogP contribution is 2.15. The number of aromatic nitrogens is 2. The monoisotopic (exact) mass is 382 g/mol. The summed E-state index contributed by atoms with van der Waals surface area (Å²) in [5.74, 6) is -0.498. The van der Waals surface area contributed by atoms with Gasteiger partial charge < -0.3 is 4.74 Å². The standard InChI is InChI=1S/C19H15ClN4O3/c1-12-10-17(23-22-12)18(25)24-21-11-13-2-8-16(9-3-13)27-19(26)14-4-6-15(20)7-5-14/h2-11H,1H3,(H,22,23)(H,24,25)/b21-11+. The zero-order valence-electron chi connectivity index (χ0n) is 14.3. The third-order valence-corrected chi connectivity index (χ3v) is 3.74. The molecule has 0 aliphatic carbocycles. The predicted molar refractivity (Wildman–Crippen MR) is 101 cm³/mol. The number of H-pyrrole nitrogens is 1. The number of hydrazone groups is 1. The number of hydrogen-bond acceptors (Lipinski definition) is 5. The topological polar surface area (TPSA) is 96.4 Å². The van der Waals surface area contributed by atoms with Crippen LogP contribution in [0.2, 0.25) is 5.02 Å². The smallest absolute Gasteiger partial charge is 0.343 e. The number of carbonyl (C=O) groups excluding carboxylic acids is 2. The van der Waals surface area contributed by atoms with Crippen LogP contribution in [0.15, 0.2) is 59.7 Å². The Hall–Kier alpha value is -3.45. The average molecular weight is 383 g/mol. The highest BCUT2D eigenvalue weighted by molar-refractivity contribution is 6.30. The molecular weight excluding hydrogens is 368 g/mol. The van der Waals surface area contributed by atoms with E-state index in [1.165, 1.54) is 6.21 Å². The molecule has 0 radical (unpaired) electrons. The SMILES string of the molecule is Cc1cc(C(=O)N/N=C/c2ccc(OC(=O)c3ccc(Cl)cc3)cc2)n[nH]1.